The Balaban J connectivity index is 3.26. The van der Waals surface area contributed by atoms with E-state index in [1.54, 1.807) is 0 Å². The summed E-state index contributed by atoms with van der Waals surface area (Å²) in [5.41, 5.74) is 0.928. The van der Waals surface area contributed by atoms with Gasteiger partial charge in [-0.1, -0.05) is 71.6 Å². The smallest absolute Gasteiger partial charge is 0.0499 e. The van der Waals surface area contributed by atoms with Crippen molar-refractivity contribution in [3.63, 3.8) is 0 Å². The molecule has 110 valence electrons. The van der Waals surface area contributed by atoms with Crippen molar-refractivity contribution in [2.24, 2.45) is 5.92 Å². The summed E-state index contributed by atoms with van der Waals surface area (Å²) in [4.78, 5) is 0. The van der Waals surface area contributed by atoms with Gasteiger partial charge in [0.15, 0.2) is 0 Å². The second-order valence-corrected chi connectivity index (χ2v) is 12.7. The monoisotopic (exact) mass is 272 g/mol. The molecule has 0 N–H and O–H groups in total. The van der Waals surface area contributed by atoms with E-state index in [4.69, 9.17) is 4.74 Å². The molecule has 0 amide bonds. The van der Waals surface area contributed by atoms with Gasteiger partial charge in [0.1, 0.15) is 0 Å². The summed E-state index contributed by atoms with van der Waals surface area (Å²) in [6, 6.07) is 1.50. The molecule has 0 unspecified atom stereocenters. The van der Waals surface area contributed by atoms with Crippen LogP contribution in [0.4, 0.5) is 0 Å². The van der Waals surface area contributed by atoms with Crippen molar-refractivity contribution in [1.82, 2.24) is 0 Å². The number of ether oxygens (including phenoxy) is 1. The molecule has 0 saturated carbocycles. The van der Waals surface area contributed by atoms with Crippen molar-refractivity contribution < 1.29 is 4.74 Å². The molecule has 0 aliphatic carbocycles. The SMILES string of the molecule is CC(C)CCOCCCCCC[Si](C)(C)C(C)C. The van der Waals surface area contributed by atoms with Crippen LogP contribution in [0.5, 0.6) is 0 Å². The van der Waals surface area contributed by atoms with Gasteiger partial charge in [0.2, 0.25) is 0 Å². The minimum Gasteiger partial charge on any atom is -0.381 e. The molecule has 18 heavy (non-hydrogen) atoms. The number of rotatable bonds is 11. The van der Waals surface area contributed by atoms with Crippen LogP contribution in [-0.4, -0.2) is 21.3 Å². The van der Waals surface area contributed by atoms with Gasteiger partial charge < -0.3 is 4.74 Å². The Morgan fingerprint density at radius 1 is 0.833 bits per heavy atom. The van der Waals surface area contributed by atoms with Gasteiger partial charge in [-0.15, -0.1) is 0 Å². The molecular weight excluding hydrogens is 236 g/mol. The zero-order valence-electron chi connectivity index (χ0n) is 13.7. The van der Waals surface area contributed by atoms with Crippen molar-refractivity contribution >= 4 is 8.07 Å². The number of unbranched alkanes of at least 4 members (excludes halogenated alkanes) is 3. The van der Waals surface area contributed by atoms with E-state index in [-0.39, 0.29) is 0 Å². The lowest BCUT2D eigenvalue weighted by Gasteiger charge is -2.26. The molecule has 0 atom stereocenters. The molecule has 0 aromatic carbocycles. The lowest BCUT2D eigenvalue weighted by Crippen LogP contribution is -2.28. The average Bonchev–Trinajstić information content (AvgIpc) is 2.26. The van der Waals surface area contributed by atoms with E-state index in [0.717, 1.165) is 24.7 Å². The molecule has 0 rings (SSSR count). The van der Waals surface area contributed by atoms with Gasteiger partial charge in [0, 0.05) is 21.3 Å². The van der Waals surface area contributed by atoms with Crippen LogP contribution in [0.25, 0.3) is 0 Å². The van der Waals surface area contributed by atoms with Crippen LogP contribution in [0.3, 0.4) is 0 Å². The quantitative estimate of drug-likeness (QED) is 0.345. The molecule has 1 nitrogen and oxygen atoms in total. The Kier molecular flexibility index (Phi) is 10.1. The topological polar surface area (TPSA) is 9.23 Å². The summed E-state index contributed by atoms with van der Waals surface area (Å²) >= 11 is 0. The Morgan fingerprint density at radius 2 is 1.44 bits per heavy atom. The summed E-state index contributed by atoms with van der Waals surface area (Å²) < 4.78 is 5.64. The van der Waals surface area contributed by atoms with E-state index >= 15 is 0 Å². The van der Waals surface area contributed by atoms with Gasteiger partial charge in [-0.25, -0.2) is 0 Å². The van der Waals surface area contributed by atoms with Gasteiger partial charge in [-0.3, -0.25) is 0 Å². The fraction of sp³-hybridized carbons (Fsp3) is 1.00. The molecule has 0 bridgehead atoms. The predicted octanol–water partition coefficient (Wildman–Crippen LogP) is 5.73. The van der Waals surface area contributed by atoms with Gasteiger partial charge in [-0.05, 0) is 18.8 Å². The number of hydrogen-bond donors (Lipinski definition) is 0. The fourth-order valence-electron chi connectivity index (χ4n) is 1.85. The van der Waals surface area contributed by atoms with E-state index < -0.39 is 8.07 Å². The van der Waals surface area contributed by atoms with Gasteiger partial charge >= 0.3 is 0 Å². The largest absolute Gasteiger partial charge is 0.381 e. The second-order valence-electron chi connectivity index (χ2n) is 7.10. The van der Waals surface area contributed by atoms with Gasteiger partial charge in [0.25, 0.3) is 0 Å². The second kappa shape index (κ2) is 10.0. The van der Waals surface area contributed by atoms with Crippen LogP contribution < -0.4 is 0 Å². The third-order valence-electron chi connectivity index (χ3n) is 4.26. The third-order valence-corrected chi connectivity index (χ3v) is 9.03. The Labute approximate surface area is 117 Å². The highest BCUT2D eigenvalue weighted by atomic mass is 28.3. The van der Waals surface area contributed by atoms with E-state index in [0.29, 0.717) is 0 Å². The van der Waals surface area contributed by atoms with Crippen molar-refractivity contribution in [1.29, 1.82) is 0 Å². The van der Waals surface area contributed by atoms with Gasteiger partial charge in [0.05, 0.1) is 0 Å². The molecule has 2 heteroatoms. The summed E-state index contributed by atoms with van der Waals surface area (Å²) in [5.74, 6) is 0.772. The molecule has 0 fully saturated rings. The lowest BCUT2D eigenvalue weighted by atomic mass is 10.1. The third kappa shape index (κ3) is 10.1. The molecule has 0 aliphatic rings. The van der Waals surface area contributed by atoms with Crippen LogP contribution >= 0.6 is 0 Å². The van der Waals surface area contributed by atoms with Crippen molar-refractivity contribution in [3.8, 4) is 0 Å². The van der Waals surface area contributed by atoms with Crippen LogP contribution in [0.1, 0.15) is 59.8 Å². The van der Waals surface area contributed by atoms with Crippen LogP contribution in [0.15, 0.2) is 0 Å². The normalized spacial score (nSPS) is 12.7. The summed E-state index contributed by atoms with van der Waals surface area (Å²) in [7, 11) is -0.906. The molecule has 0 aliphatic heterocycles. The van der Waals surface area contributed by atoms with E-state index in [1.807, 2.05) is 0 Å². The first-order valence-corrected chi connectivity index (χ1v) is 11.2. The molecule has 0 aromatic heterocycles. The minimum atomic E-state index is -0.906. The molecule has 0 aromatic rings. The molecule has 0 heterocycles. The first-order valence-electron chi connectivity index (χ1n) is 7.94. The summed E-state index contributed by atoms with van der Waals surface area (Å²) in [6.45, 7) is 16.3. The van der Waals surface area contributed by atoms with Crippen LogP contribution in [0, 0.1) is 5.92 Å². The van der Waals surface area contributed by atoms with Crippen molar-refractivity contribution in [3.05, 3.63) is 0 Å². The average molecular weight is 273 g/mol. The Morgan fingerprint density at radius 3 is 2.00 bits per heavy atom. The van der Waals surface area contributed by atoms with Crippen LogP contribution in [-0.2, 0) is 4.74 Å². The Hall–Kier alpha value is 0.177. The van der Waals surface area contributed by atoms with E-state index in [9.17, 15) is 0 Å². The summed E-state index contributed by atoms with van der Waals surface area (Å²) in [5, 5.41) is 0. The van der Waals surface area contributed by atoms with Crippen molar-refractivity contribution in [2.45, 2.75) is 84.5 Å². The fourth-order valence-corrected chi connectivity index (χ4v) is 3.59. The standard InChI is InChI=1S/C16H36OSi/c1-15(2)11-13-17-12-9-7-8-10-14-18(5,6)16(3)4/h15-16H,7-14H2,1-6H3. The van der Waals surface area contributed by atoms with Gasteiger partial charge in [-0.2, -0.15) is 0 Å². The van der Waals surface area contributed by atoms with Crippen LogP contribution in [0.2, 0.25) is 24.7 Å². The highest BCUT2D eigenvalue weighted by Gasteiger charge is 2.23. The zero-order chi connectivity index (χ0) is 14.0. The Bertz CT molecular complexity index is 188. The molecule has 0 saturated heterocycles. The lowest BCUT2D eigenvalue weighted by molar-refractivity contribution is 0.119. The maximum Gasteiger partial charge on any atom is 0.0499 e. The molecular formula is C16H36OSi. The van der Waals surface area contributed by atoms with E-state index in [2.05, 4.69) is 40.8 Å². The first kappa shape index (κ1) is 18.2. The highest BCUT2D eigenvalue weighted by Crippen LogP contribution is 2.26. The van der Waals surface area contributed by atoms with Crippen molar-refractivity contribution in [2.75, 3.05) is 13.2 Å². The number of hydrogen-bond acceptors (Lipinski definition) is 1. The zero-order valence-corrected chi connectivity index (χ0v) is 14.7. The highest BCUT2D eigenvalue weighted by molar-refractivity contribution is 6.78. The maximum absolute atomic E-state index is 5.64. The van der Waals surface area contributed by atoms with E-state index in [1.165, 1.54) is 38.1 Å². The maximum atomic E-state index is 5.64. The molecule has 0 spiro atoms. The minimum absolute atomic E-state index is 0.772. The first-order chi connectivity index (χ1) is 8.36. The molecule has 0 radical (unpaired) electrons. The predicted molar refractivity (Wildman–Crippen MR) is 86.1 cm³/mol. The summed E-state index contributed by atoms with van der Waals surface area (Å²) in [6.07, 6.45) is 6.64.